The van der Waals surface area contributed by atoms with Crippen molar-refractivity contribution >= 4 is 46.2 Å². The summed E-state index contributed by atoms with van der Waals surface area (Å²) in [6.45, 7) is 5.07. The molecule has 1 fully saturated rings. The molecule has 9 heteroatoms. The Hall–Kier alpha value is -2.84. The lowest BCUT2D eigenvalue weighted by molar-refractivity contribution is -0.124. The molecular formula is C23H23ClN4O3S. The number of amides is 3. The SMILES string of the molecule is CC[C@H](C)c1ccc(-n2c(SCC(=O)N3CCNC3=O)nc3cc(Cl)ccc3c2=O)cc1. The lowest BCUT2D eigenvalue weighted by Gasteiger charge is -2.16. The summed E-state index contributed by atoms with van der Waals surface area (Å²) < 4.78 is 1.51. The van der Waals surface area contributed by atoms with Crippen molar-refractivity contribution in [2.45, 2.75) is 31.3 Å². The van der Waals surface area contributed by atoms with Gasteiger partial charge in [-0.15, -0.1) is 0 Å². The normalized spacial score (nSPS) is 14.6. The molecule has 2 heterocycles. The second-order valence-electron chi connectivity index (χ2n) is 7.66. The van der Waals surface area contributed by atoms with Crippen LogP contribution in [0.25, 0.3) is 16.6 Å². The highest BCUT2D eigenvalue weighted by Crippen LogP contribution is 2.25. The van der Waals surface area contributed by atoms with Crippen LogP contribution in [0.1, 0.15) is 31.7 Å². The molecule has 0 radical (unpaired) electrons. The lowest BCUT2D eigenvalue weighted by Crippen LogP contribution is -2.35. The Bertz CT molecular complexity index is 1240. The monoisotopic (exact) mass is 470 g/mol. The van der Waals surface area contributed by atoms with Crippen molar-refractivity contribution in [3.8, 4) is 5.69 Å². The molecule has 1 atom stereocenters. The van der Waals surface area contributed by atoms with Gasteiger partial charge in [0.15, 0.2) is 5.16 Å². The van der Waals surface area contributed by atoms with Crippen LogP contribution >= 0.6 is 23.4 Å². The molecule has 3 amide bonds. The number of thioether (sulfide) groups is 1. The van der Waals surface area contributed by atoms with E-state index in [0.29, 0.717) is 45.8 Å². The van der Waals surface area contributed by atoms with Crippen LogP contribution in [0.2, 0.25) is 5.02 Å². The summed E-state index contributed by atoms with van der Waals surface area (Å²) in [5.41, 5.74) is 2.08. The molecule has 0 bridgehead atoms. The maximum absolute atomic E-state index is 13.4. The highest BCUT2D eigenvalue weighted by molar-refractivity contribution is 7.99. The number of aromatic nitrogens is 2. The summed E-state index contributed by atoms with van der Waals surface area (Å²) in [4.78, 5) is 43.5. The van der Waals surface area contributed by atoms with Crippen molar-refractivity contribution in [3.63, 3.8) is 0 Å². The first kappa shape index (κ1) is 22.4. The number of imide groups is 1. The number of rotatable bonds is 6. The zero-order valence-corrected chi connectivity index (χ0v) is 19.4. The maximum atomic E-state index is 13.4. The van der Waals surface area contributed by atoms with E-state index < -0.39 is 6.03 Å². The number of nitrogens with zero attached hydrogens (tertiary/aromatic N) is 3. The van der Waals surface area contributed by atoms with E-state index in [1.165, 1.54) is 15.0 Å². The number of hydrogen-bond acceptors (Lipinski definition) is 5. The van der Waals surface area contributed by atoms with E-state index in [1.54, 1.807) is 18.2 Å². The van der Waals surface area contributed by atoms with Crippen molar-refractivity contribution in [2.24, 2.45) is 0 Å². The molecule has 32 heavy (non-hydrogen) atoms. The van der Waals surface area contributed by atoms with Crippen LogP contribution in [0.15, 0.2) is 52.4 Å². The van der Waals surface area contributed by atoms with Crippen LogP contribution in [-0.2, 0) is 4.79 Å². The van der Waals surface area contributed by atoms with Crippen molar-refractivity contribution in [2.75, 3.05) is 18.8 Å². The number of halogens is 1. The van der Waals surface area contributed by atoms with E-state index >= 15 is 0 Å². The van der Waals surface area contributed by atoms with Crippen molar-refractivity contribution in [1.82, 2.24) is 19.8 Å². The molecule has 1 saturated heterocycles. The first-order valence-corrected chi connectivity index (χ1v) is 11.8. The van der Waals surface area contributed by atoms with E-state index in [0.717, 1.165) is 18.2 Å². The molecule has 0 saturated carbocycles. The van der Waals surface area contributed by atoms with Crippen LogP contribution < -0.4 is 10.9 Å². The third-order valence-electron chi connectivity index (χ3n) is 5.62. The number of nitrogens with one attached hydrogen (secondary N) is 1. The van der Waals surface area contributed by atoms with Gasteiger partial charge in [0.1, 0.15) is 0 Å². The Labute approximate surface area is 194 Å². The molecule has 1 aliphatic rings. The summed E-state index contributed by atoms with van der Waals surface area (Å²) in [6.07, 6.45) is 1.02. The summed E-state index contributed by atoms with van der Waals surface area (Å²) in [5, 5.41) is 3.90. The fourth-order valence-electron chi connectivity index (χ4n) is 3.56. The Morgan fingerprint density at radius 1 is 1.22 bits per heavy atom. The molecule has 4 rings (SSSR count). The molecule has 1 aliphatic heterocycles. The minimum absolute atomic E-state index is 0.0170. The van der Waals surface area contributed by atoms with Gasteiger partial charge in [-0.3, -0.25) is 19.1 Å². The fourth-order valence-corrected chi connectivity index (χ4v) is 4.62. The number of carbonyl (C=O) groups excluding carboxylic acids is 2. The molecular weight excluding hydrogens is 448 g/mol. The summed E-state index contributed by atoms with van der Waals surface area (Å²) in [6, 6.07) is 12.4. The smallest absolute Gasteiger partial charge is 0.324 e. The van der Waals surface area contributed by atoms with Gasteiger partial charge in [-0.2, -0.15) is 0 Å². The van der Waals surface area contributed by atoms with Gasteiger partial charge in [-0.25, -0.2) is 9.78 Å². The molecule has 1 N–H and O–H groups in total. The van der Waals surface area contributed by atoms with Gasteiger partial charge >= 0.3 is 6.03 Å². The average molecular weight is 471 g/mol. The minimum Gasteiger partial charge on any atom is -0.336 e. The molecule has 0 spiro atoms. The molecule has 7 nitrogen and oxygen atoms in total. The maximum Gasteiger partial charge on any atom is 0.324 e. The van der Waals surface area contributed by atoms with Gasteiger partial charge in [-0.1, -0.05) is 49.3 Å². The number of fused-ring (bicyclic) bond motifs is 1. The quantitative estimate of drug-likeness (QED) is 0.431. The zero-order valence-electron chi connectivity index (χ0n) is 17.8. The van der Waals surface area contributed by atoms with E-state index in [4.69, 9.17) is 11.6 Å². The molecule has 166 valence electrons. The third kappa shape index (κ3) is 4.38. The van der Waals surface area contributed by atoms with Crippen molar-refractivity contribution in [1.29, 1.82) is 0 Å². The largest absolute Gasteiger partial charge is 0.336 e. The first-order valence-electron chi connectivity index (χ1n) is 10.4. The highest BCUT2D eigenvalue weighted by Gasteiger charge is 2.26. The second-order valence-corrected chi connectivity index (χ2v) is 9.04. The third-order valence-corrected chi connectivity index (χ3v) is 6.77. The summed E-state index contributed by atoms with van der Waals surface area (Å²) >= 11 is 7.24. The number of hydrogen-bond donors (Lipinski definition) is 1. The fraction of sp³-hybridized carbons (Fsp3) is 0.304. The first-order chi connectivity index (χ1) is 15.4. The van der Waals surface area contributed by atoms with Crippen LogP contribution in [0.5, 0.6) is 0 Å². The molecule has 2 aromatic carbocycles. The molecule has 1 aromatic heterocycles. The predicted octanol–water partition coefficient (Wildman–Crippen LogP) is 4.20. The number of carbonyl (C=O) groups is 2. The second kappa shape index (κ2) is 9.34. The molecule has 0 unspecified atom stereocenters. The Kier molecular flexibility index (Phi) is 6.53. The Morgan fingerprint density at radius 2 is 1.97 bits per heavy atom. The number of urea groups is 1. The topological polar surface area (TPSA) is 84.3 Å². The lowest BCUT2D eigenvalue weighted by atomic mass is 9.98. The van der Waals surface area contributed by atoms with Crippen molar-refractivity contribution in [3.05, 3.63) is 63.4 Å². The van der Waals surface area contributed by atoms with E-state index in [9.17, 15) is 14.4 Å². The van der Waals surface area contributed by atoms with Gasteiger partial charge in [0, 0.05) is 18.1 Å². The van der Waals surface area contributed by atoms with Crippen LogP contribution in [0.4, 0.5) is 4.79 Å². The standard InChI is InChI=1S/C23H23ClN4O3S/c1-3-14(2)15-4-7-17(8-5-15)28-21(30)18-9-6-16(24)12-19(18)26-23(28)32-13-20(29)27-11-10-25-22(27)31/h4-9,12,14H,3,10-11,13H2,1-2H3,(H,25,31)/t14-/m0/s1. The minimum atomic E-state index is -0.396. The van der Waals surface area contributed by atoms with Gasteiger partial charge in [-0.05, 0) is 48.2 Å². The Morgan fingerprint density at radius 3 is 2.62 bits per heavy atom. The predicted molar refractivity (Wildman–Crippen MR) is 127 cm³/mol. The van der Waals surface area contributed by atoms with Crippen molar-refractivity contribution < 1.29 is 9.59 Å². The molecule has 0 aliphatic carbocycles. The van der Waals surface area contributed by atoms with E-state index in [-0.39, 0.29) is 17.2 Å². The number of benzene rings is 2. The van der Waals surface area contributed by atoms with E-state index in [2.05, 4.69) is 24.1 Å². The van der Waals surface area contributed by atoms with Gasteiger partial charge in [0.05, 0.1) is 22.3 Å². The highest BCUT2D eigenvalue weighted by atomic mass is 35.5. The summed E-state index contributed by atoms with van der Waals surface area (Å²) in [5.74, 6) is 0.0662. The van der Waals surface area contributed by atoms with Crippen LogP contribution in [-0.4, -0.2) is 45.2 Å². The van der Waals surface area contributed by atoms with Gasteiger partial charge in [0.25, 0.3) is 5.56 Å². The van der Waals surface area contributed by atoms with Crippen LogP contribution in [0.3, 0.4) is 0 Å². The van der Waals surface area contributed by atoms with Gasteiger partial charge < -0.3 is 5.32 Å². The van der Waals surface area contributed by atoms with E-state index in [1.807, 2.05) is 24.3 Å². The average Bonchev–Trinajstić information content (AvgIpc) is 3.23. The van der Waals surface area contributed by atoms with Gasteiger partial charge in [0.2, 0.25) is 5.91 Å². The zero-order chi connectivity index (χ0) is 22.8. The van der Waals surface area contributed by atoms with Crippen LogP contribution in [0, 0.1) is 0 Å². The summed E-state index contributed by atoms with van der Waals surface area (Å²) in [7, 11) is 0. The molecule has 3 aromatic rings. The Balaban J connectivity index is 1.75.